The molecule has 1 N–H and O–H groups in total. The van der Waals surface area contributed by atoms with Gasteiger partial charge in [0.05, 0.1) is 11.5 Å². The topological polar surface area (TPSA) is 96.4 Å². The van der Waals surface area contributed by atoms with Crippen LogP contribution in [-0.4, -0.2) is 71.3 Å². The predicted molar refractivity (Wildman–Crippen MR) is 143 cm³/mol. The highest BCUT2D eigenvalue weighted by atomic mass is 16.6. The first-order chi connectivity index (χ1) is 18.3. The number of carbonyl (C=O) groups excluding carboxylic acids is 3. The lowest BCUT2D eigenvalue weighted by atomic mass is 9.66. The zero-order valence-electron chi connectivity index (χ0n) is 21.7. The van der Waals surface area contributed by atoms with Crippen LogP contribution in [0.3, 0.4) is 0 Å². The van der Waals surface area contributed by atoms with E-state index in [1.54, 1.807) is 11.0 Å². The van der Waals surface area contributed by atoms with Gasteiger partial charge in [-0.2, -0.15) is 0 Å². The van der Waals surface area contributed by atoms with Gasteiger partial charge in [0.2, 0.25) is 5.91 Å². The van der Waals surface area contributed by atoms with E-state index in [0.717, 1.165) is 10.8 Å². The van der Waals surface area contributed by atoms with Crippen LogP contribution in [0.2, 0.25) is 0 Å². The van der Waals surface area contributed by atoms with E-state index in [2.05, 4.69) is 13.2 Å². The fourth-order valence-corrected chi connectivity index (χ4v) is 6.72. The minimum absolute atomic E-state index is 0.0327. The molecule has 38 heavy (non-hydrogen) atoms. The molecule has 8 nitrogen and oxygen atoms in total. The van der Waals surface area contributed by atoms with Crippen molar-refractivity contribution >= 4 is 34.2 Å². The molecule has 3 saturated heterocycles. The fraction of sp³-hybridized carbons (Fsp3) is 0.433. The molecule has 5 atom stereocenters. The number of ether oxygens (including phenoxy) is 2. The number of carbonyl (C=O) groups is 3. The number of likely N-dealkylation sites (tertiary alicyclic amines) is 1. The summed E-state index contributed by atoms with van der Waals surface area (Å²) in [7, 11) is 0. The molecule has 3 heterocycles. The second-order valence-electron chi connectivity index (χ2n) is 10.5. The Bertz CT molecular complexity index is 1290. The highest BCUT2D eigenvalue weighted by Crippen LogP contribution is 2.63. The molecule has 200 valence electrons. The van der Waals surface area contributed by atoms with Crippen LogP contribution in [0.15, 0.2) is 67.8 Å². The van der Waals surface area contributed by atoms with Crippen molar-refractivity contribution in [1.82, 2.24) is 4.90 Å². The van der Waals surface area contributed by atoms with E-state index in [1.807, 2.05) is 49.4 Å². The van der Waals surface area contributed by atoms with Crippen LogP contribution in [0.1, 0.15) is 26.2 Å². The molecule has 2 bridgehead atoms. The number of aliphatic hydroxyl groups excluding tert-OH is 1. The first-order valence-electron chi connectivity index (χ1n) is 13.1. The van der Waals surface area contributed by atoms with Gasteiger partial charge in [-0.05, 0) is 49.1 Å². The third-order valence-electron chi connectivity index (χ3n) is 8.29. The molecule has 2 amide bonds. The number of benzene rings is 2. The molecule has 5 rings (SSSR count). The summed E-state index contributed by atoms with van der Waals surface area (Å²) in [6, 6.07) is 12.7. The molecule has 0 aromatic heterocycles. The minimum atomic E-state index is -1.16. The van der Waals surface area contributed by atoms with Gasteiger partial charge in [0.25, 0.3) is 5.91 Å². The number of hydrogen-bond acceptors (Lipinski definition) is 6. The quantitative estimate of drug-likeness (QED) is 0.383. The second kappa shape index (κ2) is 10.0. The molecule has 0 saturated carbocycles. The van der Waals surface area contributed by atoms with Crippen molar-refractivity contribution in [2.24, 2.45) is 11.8 Å². The van der Waals surface area contributed by atoms with Crippen molar-refractivity contribution in [3.8, 4) is 0 Å². The normalized spacial score (nSPS) is 29.4. The van der Waals surface area contributed by atoms with Gasteiger partial charge in [0.15, 0.2) is 0 Å². The number of esters is 1. The van der Waals surface area contributed by atoms with Crippen LogP contribution >= 0.6 is 0 Å². The lowest BCUT2D eigenvalue weighted by Gasteiger charge is -2.36. The van der Waals surface area contributed by atoms with Gasteiger partial charge in [-0.25, -0.2) is 0 Å². The van der Waals surface area contributed by atoms with Crippen molar-refractivity contribution in [2.45, 2.75) is 43.4 Å². The summed E-state index contributed by atoms with van der Waals surface area (Å²) in [5, 5.41) is 11.6. The van der Waals surface area contributed by atoms with Gasteiger partial charge in [0.1, 0.15) is 24.2 Å². The van der Waals surface area contributed by atoms with Crippen LogP contribution in [0.4, 0.5) is 5.69 Å². The van der Waals surface area contributed by atoms with Gasteiger partial charge in [0, 0.05) is 25.4 Å². The van der Waals surface area contributed by atoms with Crippen LogP contribution in [0.25, 0.3) is 10.8 Å². The van der Waals surface area contributed by atoms with Gasteiger partial charge < -0.3 is 24.4 Å². The maximum atomic E-state index is 14.5. The number of rotatable bonds is 10. The number of anilines is 1. The van der Waals surface area contributed by atoms with Crippen molar-refractivity contribution < 1.29 is 29.0 Å². The zero-order chi connectivity index (χ0) is 27.1. The molecule has 3 fully saturated rings. The van der Waals surface area contributed by atoms with E-state index in [9.17, 15) is 19.5 Å². The summed E-state index contributed by atoms with van der Waals surface area (Å²) in [6.45, 7) is 9.61. The lowest BCUT2D eigenvalue weighted by molar-refractivity contribution is -0.158. The maximum Gasteiger partial charge on any atom is 0.313 e. The Morgan fingerprint density at radius 3 is 2.66 bits per heavy atom. The van der Waals surface area contributed by atoms with E-state index < -0.39 is 35.0 Å². The van der Waals surface area contributed by atoms with Crippen LogP contribution in [0, 0.1) is 11.8 Å². The molecule has 2 unspecified atom stereocenters. The van der Waals surface area contributed by atoms with E-state index in [1.165, 1.54) is 11.0 Å². The number of fused-ring (bicyclic) bond motifs is 2. The van der Waals surface area contributed by atoms with Crippen LogP contribution in [-0.2, 0) is 23.9 Å². The fourth-order valence-electron chi connectivity index (χ4n) is 6.72. The van der Waals surface area contributed by atoms with Gasteiger partial charge in [-0.3, -0.25) is 14.4 Å². The monoisotopic (exact) mass is 518 g/mol. The van der Waals surface area contributed by atoms with E-state index in [0.29, 0.717) is 24.9 Å². The van der Waals surface area contributed by atoms with Gasteiger partial charge in [-0.15, -0.1) is 6.58 Å². The molecule has 1 spiro atoms. The number of amides is 2. The Morgan fingerprint density at radius 2 is 1.95 bits per heavy atom. The molecule has 8 heteroatoms. The van der Waals surface area contributed by atoms with Crippen molar-refractivity contribution in [1.29, 1.82) is 0 Å². The first kappa shape index (κ1) is 26.1. The zero-order valence-corrected chi connectivity index (χ0v) is 21.7. The Kier molecular flexibility index (Phi) is 6.88. The molecule has 0 radical (unpaired) electrons. The van der Waals surface area contributed by atoms with E-state index in [4.69, 9.17) is 9.47 Å². The predicted octanol–water partition coefficient (Wildman–Crippen LogP) is 3.24. The molecular formula is C30H34N2O6. The SMILES string of the molecule is C=CCOC(=O)[C@@H]1[C@H]2C(=O)N(CCCO)C(C(=O)N(CC=C)c3ccc4ccccc4c3)C23CC[C@@]1(C)O3. The summed E-state index contributed by atoms with van der Waals surface area (Å²) >= 11 is 0. The average molecular weight is 519 g/mol. The largest absolute Gasteiger partial charge is 0.461 e. The van der Waals surface area contributed by atoms with E-state index in [-0.39, 0.29) is 38.1 Å². The minimum Gasteiger partial charge on any atom is -0.461 e. The van der Waals surface area contributed by atoms with Crippen molar-refractivity contribution in [2.75, 3.05) is 31.2 Å². The summed E-state index contributed by atoms with van der Waals surface area (Å²) in [4.78, 5) is 44.8. The molecule has 2 aromatic rings. The molecule has 3 aliphatic rings. The second-order valence-corrected chi connectivity index (χ2v) is 10.5. The average Bonchev–Trinajstić information content (AvgIpc) is 3.49. The van der Waals surface area contributed by atoms with Crippen molar-refractivity contribution in [3.63, 3.8) is 0 Å². The first-order valence-corrected chi connectivity index (χ1v) is 13.1. The maximum absolute atomic E-state index is 14.5. The number of aliphatic hydroxyl groups is 1. The Labute approximate surface area is 222 Å². The smallest absolute Gasteiger partial charge is 0.313 e. The number of nitrogens with zero attached hydrogens (tertiary/aromatic N) is 2. The molecular weight excluding hydrogens is 484 g/mol. The Balaban J connectivity index is 1.57. The standard InChI is InChI=1S/C30H34N2O6/c1-4-15-31(22-12-11-20-9-6-7-10-21(20)19-22)27(35)25-30-14-13-29(3,38-30)24(28(36)37-18-5-2)23(30)26(34)32(25)16-8-17-33/h4-7,9-12,19,23-25,33H,1-2,8,13-18H2,3H3/t23-,24-,25?,29+,30?/m0/s1. The van der Waals surface area contributed by atoms with Gasteiger partial charge in [-0.1, -0.05) is 49.1 Å². The summed E-state index contributed by atoms with van der Waals surface area (Å²) in [5.74, 6) is -2.78. The summed E-state index contributed by atoms with van der Waals surface area (Å²) in [5.41, 5.74) is -1.39. The van der Waals surface area contributed by atoms with Crippen LogP contribution < -0.4 is 4.90 Å². The van der Waals surface area contributed by atoms with Crippen LogP contribution in [0.5, 0.6) is 0 Å². The Hall–Kier alpha value is -3.49. The molecule has 0 aliphatic carbocycles. The molecule has 2 aromatic carbocycles. The van der Waals surface area contributed by atoms with Gasteiger partial charge >= 0.3 is 5.97 Å². The lowest BCUT2D eigenvalue weighted by Crippen LogP contribution is -2.56. The highest BCUT2D eigenvalue weighted by Gasteiger charge is 2.78. The summed E-state index contributed by atoms with van der Waals surface area (Å²) in [6.07, 6.45) is 4.44. The highest BCUT2D eigenvalue weighted by molar-refractivity contribution is 6.05. The number of hydrogen-bond donors (Lipinski definition) is 1. The summed E-state index contributed by atoms with van der Waals surface area (Å²) < 4.78 is 12.0. The third kappa shape index (κ3) is 3.94. The Morgan fingerprint density at radius 1 is 1.18 bits per heavy atom. The third-order valence-corrected chi connectivity index (χ3v) is 8.29. The van der Waals surface area contributed by atoms with Crippen molar-refractivity contribution in [3.05, 3.63) is 67.8 Å². The van der Waals surface area contributed by atoms with E-state index >= 15 is 0 Å². The molecule has 3 aliphatic heterocycles.